The molecule has 2 nitrogen and oxygen atoms in total. The van der Waals surface area contributed by atoms with Crippen LogP contribution in [0.5, 0.6) is 0 Å². The van der Waals surface area contributed by atoms with E-state index in [1.807, 2.05) is 6.07 Å². The third-order valence-electron chi connectivity index (χ3n) is 4.43. The predicted molar refractivity (Wildman–Crippen MR) is 80.4 cm³/mol. The van der Waals surface area contributed by atoms with E-state index in [0.29, 0.717) is 5.88 Å². The summed E-state index contributed by atoms with van der Waals surface area (Å²) in [5.74, 6) is 3.21. The number of alkyl halides is 1. The maximum Gasteiger partial charge on any atom is 0.124 e. The average molecular weight is 277 g/mol. The Hall–Kier alpha value is -1.02. The van der Waals surface area contributed by atoms with Crippen LogP contribution in [0.15, 0.2) is 24.3 Å². The van der Waals surface area contributed by atoms with Gasteiger partial charge >= 0.3 is 0 Å². The van der Waals surface area contributed by atoms with Crippen molar-refractivity contribution >= 4 is 22.6 Å². The zero-order valence-electron chi connectivity index (χ0n) is 11.5. The molecule has 1 aromatic heterocycles. The van der Waals surface area contributed by atoms with Gasteiger partial charge < -0.3 is 4.57 Å². The van der Waals surface area contributed by atoms with E-state index in [1.54, 1.807) is 0 Å². The van der Waals surface area contributed by atoms with Gasteiger partial charge in [0.05, 0.1) is 16.9 Å². The molecular weight excluding hydrogens is 256 g/mol. The molecule has 102 valence electrons. The van der Waals surface area contributed by atoms with Gasteiger partial charge in [0.25, 0.3) is 0 Å². The molecule has 1 aliphatic rings. The van der Waals surface area contributed by atoms with Gasteiger partial charge in [-0.05, 0) is 36.8 Å². The van der Waals surface area contributed by atoms with Crippen LogP contribution in [-0.2, 0) is 12.4 Å². The van der Waals surface area contributed by atoms with E-state index in [0.717, 1.165) is 29.7 Å². The average Bonchev–Trinajstić information content (AvgIpc) is 2.79. The molecule has 2 aromatic rings. The summed E-state index contributed by atoms with van der Waals surface area (Å²) in [4.78, 5) is 4.64. The number of nitrogens with zero attached hydrogens (tertiary/aromatic N) is 2. The zero-order valence-corrected chi connectivity index (χ0v) is 12.2. The molecule has 1 aliphatic carbocycles. The van der Waals surface area contributed by atoms with Gasteiger partial charge in [0.1, 0.15) is 5.82 Å². The number of fused-ring (bicyclic) bond motifs is 1. The highest BCUT2D eigenvalue weighted by Crippen LogP contribution is 2.30. The summed E-state index contributed by atoms with van der Waals surface area (Å²) >= 11 is 6.06. The van der Waals surface area contributed by atoms with Crippen LogP contribution in [0.3, 0.4) is 0 Å². The van der Waals surface area contributed by atoms with E-state index in [2.05, 4.69) is 34.7 Å². The normalized spacial score (nSPS) is 23.9. The molecule has 0 aliphatic heterocycles. The molecule has 1 fully saturated rings. The summed E-state index contributed by atoms with van der Waals surface area (Å²) < 4.78 is 2.34. The number of benzene rings is 1. The van der Waals surface area contributed by atoms with Crippen LogP contribution in [0.2, 0.25) is 0 Å². The van der Waals surface area contributed by atoms with Crippen molar-refractivity contribution in [3.63, 3.8) is 0 Å². The number of hydrogen-bond donors (Lipinski definition) is 0. The number of rotatable bonds is 3. The Bertz CT molecular complexity index is 553. The molecule has 0 unspecified atom stereocenters. The summed E-state index contributed by atoms with van der Waals surface area (Å²) in [7, 11) is 0. The lowest BCUT2D eigenvalue weighted by molar-refractivity contribution is 0.265. The van der Waals surface area contributed by atoms with Gasteiger partial charge in [-0.15, -0.1) is 11.6 Å². The summed E-state index contributed by atoms with van der Waals surface area (Å²) in [5.41, 5.74) is 2.30. The Morgan fingerprint density at radius 3 is 2.68 bits per heavy atom. The third-order valence-corrected chi connectivity index (χ3v) is 4.67. The summed E-state index contributed by atoms with van der Waals surface area (Å²) in [6, 6.07) is 8.36. The van der Waals surface area contributed by atoms with Gasteiger partial charge in [0, 0.05) is 6.54 Å². The Morgan fingerprint density at radius 1 is 1.21 bits per heavy atom. The Kier molecular flexibility index (Phi) is 3.79. The van der Waals surface area contributed by atoms with Crippen LogP contribution in [0.4, 0.5) is 0 Å². The number of imidazole rings is 1. The largest absolute Gasteiger partial charge is 0.327 e. The lowest BCUT2D eigenvalue weighted by Crippen LogP contribution is -2.18. The van der Waals surface area contributed by atoms with E-state index in [1.165, 1.54) is 31.2 Å². The van der Waals surface area contributed by atoms with Gasteiger partial charge in [0.15, 0.2) is 0 Å². The topological polar surface area (TPSA) is 17.8 Å². The first-order valence-corrected chi connectivity index (χ1v) is 7.81. The molecule has 19 heavy (non-hydrogen) atoms. The second-order valence-corrected chi connectivity index (χ2v) is 6.15. The Balaban J connectivity index is 1.87. The number of halogens is 1. The Morgan fingerprint density at radius 2 is 1.95 bits per heavy atom. The molecule has 0 amide bonds. The highest BCUT2D eigenvalue weighted by molar-refractivity contribution is 6.16. The molecule has 1 aromatic carbocycles. The van der Waals surface area contributed by atoms with Crippen LogP contribution in [0, 0.1) is 11.8 Å². The van der Waals surface area contributed by atoms with Crippen molar-refractivity contribution in [3.05, 3.63) is 30.1 Å². The predicted octanol–water partition coefficient (Wildman–Crippen LogP) is 4.60. The van der Waals surface area contributed by atoms with Gasteiger partial charge in [-0.2, -0.15) is 0 Å². The van der Waals surface area contributed by atoms with Gasteiger partial charge in [0.2, 0.25) is 0 Å². The van der Waals surface area contributed by atoms with Crippen molar-refractivity contribution in [1.82, 2.24) is 9.55 Å². The fourth-order valence-electron chi connectivity index (χ4n) is 3.20. The number of para-hydroxylation sites is 2. The van der Waals surface area contributed by atoms with Gasteiger partial charge in [-0.25, -0.2) is 4.98 Å². The van der Waals surface area contributed by atoms with Crippen LogP contribution in [-0.4, -0.2) is 9.55 Å². The van der Waals surface area contributed by atoms with E-state index < -0.39 is 0 Å². The Labute approximate surface area is 119 Å². The van der Waals surface area contributed by atoms with E-state index in [-0.39, 0.29) is 0 Å². The first-order valence-electron chi connectivity index (χ1n) is 7.28. The van der Waals surface area contributed by atoms with Gasteiger partial charge in [-0.3, -0.25) is 0 Å². The van der Waals surface area contributed by atoms with Crippen LogP contribution < -0.4 is 0 Å². The second-order valence-electron chi connectivity index (χ2n) is 5.89. The third kappa shape index (κ3) is 2.64. The summed E-state index contributed by atoms with van der Waals surface area (Å²) in [6.45, 7) is 3.45. The smallest absolute Gasteiger partial charge is 0.124 e. The van der Waals surface area contributed by atoms with Crippen molar-refractivity contribution in [2.75, 3.05) is 0 Å². The van der Waals surface area contributed by atoms with Crippen molar-refractivity contribution in [1.29, 1.82) is 0 Å². The van der Waals surface area contributed by atoms with Crippen molar-refractivity contribution in [2.45, 2.75) is 45.0 Å². The van der Waals surface area contributed by atoms with Crippen molar-refractivity contribution in [2.24, 2.45) is 11.8 Å². The monoisotopic (exact) mass is 276 g/mol. The fraction of sp³-hybridized carbons (Fsp3) is 0.562. The molecule has 0 bridgehead atoms. The highest BCUT2D eigenvalue weighted by Gasteiger charge is 2.20. The molecule has 1 heterocycles. The maximum atomic E-state index is 6.06. The standard InChI is InChI=1S/C16H21ClN2/c1-12-6-8-13(9-7-12)11-19-15-5-3-2-4-14(15)18-16(19)10-17/h2-5,12-13H,6-11H2,1H3. The second kappa shape index (κ2) is 5.54. The molecule has 0 N–H and O–H groups in total. The van der Waals surface area contributed by atoms with Crippen molar-refractivity contribution in [3.8, 4) is 0 Å². The molecule has 0 radical (unpaired) electrons. The fourth-order valence-corrected chi connectivity index (χ4v) is 3.41. The summed E-state index contributed by atoms with van der Waals surface area (Å²) in [5, 5.41) is 0. The summed E-state index contributed by atoms with van der Waals surface area (Å²) in [6.07, 6.45) is 5.42. The molecule has 0 atom stereocenters. The van der Waals surface area contributed by atoms with Crippen LogP contribution in [0.1, 0.15) is 38.4 Å². The number of aromatic nitrogens is 2. The molecule has 3 rings (SSSR count). The minimum atomic E-state index is 0.498. The quantitative estimate of drug-likeness (QED) is 0.749. The molecule has 0 saturated heterocycles. The minimum Gasteiger partial charge on any atom is -0.327 e. The van der Waals surface area contributed by atoms with Crippen molar-refractivity contribution < 1.29 is 0 Å². The van der Waals surface area contributed by atoms with E-state index >= 15 is 0 Å². The SMILES string of the molecule is CC1CCC(Cn2c(CCl)nc3ccccc32)CC1. The lowest BCUT2D eigenvalue weighted by atomic mass is 9.83. The van der Waals surface area contributed by atoms with Gasteiger partial charge in [-0.1, -0.05) is 31.9 Å². The minimum absolute atomic E-state index is 0.498. The maximum absolute atomic E-state index is 6.06. The molecule has 1 saturated carbocycles. The first kappa shape index (κ1) is 13.0. The molecular formula is C16H21ClN2. The van der Waals surface area contributed by atoms with E-state index in [9.17, 15) is 0 Å². The lowest BCUT2D eigenvalue weighted by Gasteiger charge is -2.27. The number of hydrogen-bond acceptors (Lipinski definition) is 1. The molecule has 3 heteroatoms. The van der Waals surface area contributed by atoms with Crippen LogP contribution >= 0.6 is 11.6 Å². The first-order chi connectivity index (χ1) is 9.28. The zero-order chi connectivity index (χ0) is 13.2. The van der Waals surface area contributed by atoms with E-state index in [4.69, 9.17) is 11.6 Å². The highest BCUT2D eigenvalue weighted by atomic mass is 35.5. The van der Waals surface area contributed by atoms with Crippen LogP contribution in [0.25, 0.3) is 11.0 Å². The molecule has 0 spiro atoms.